The van der Waals surface area contributed by atoms with E-state index in [0.717, 1.165) is 0 Å². The van der Waals surface area contributed by atoms with Crippen molar-refractivity contribution in [3.8, 4) is 0 Å². The first-order chi connectivity index (χ1) is 6.27. The normalized spacial score (nSPS) is 21.0. The Bertz CT molecular complexity index is 340. The average Bonchev–Trinajstić information content (AvgIpc) is 2.53. The van der Waals surface area contributed by atoms with Gasteiger partial charge in [0.15, 0.2) is 0 Å². The number of nitrogens with one attached hydrogen (secondary N) is 2. The zero-order valence-electron chi connectivity index (χ0n) is 6.88. The van der Waals surface area contributed by atoms with Crippen LogP contribution in [0.15, 0.2) is 24.3 Å². The molecule has 1 aliphatic heterocycles. The Morgan fingerprint density at radius 2 is 2.15 bits per heavy atom. The maximum atomic E-state index is 13.2. The minimum Gasteiger partial charge on any atom is -0.336 e. The number of rotatable bonds is 1. The van der Waals surface area contributed by atoms with E-state index < -0.39 is 0 Å². The van der Waals surface area contributed by atoms with Gasteiger partial charge in [-0.15, -0.1) is 0 Å². The summed E-state index contributed by atoms with van der Waals surface area (Å²) in [6.07, 6.45) is 0. The van der Waals surface area contributed by atoms with Gasteiger partial charge < -0.3 is 10.6 Å². The van der Waals surface area contributed by atoms with Gasteiger partial charge in [-0.3, -0.25) is 0 Å². The van der Waals surface area contributed by atoms with Crippen molar-refractivity contribution in [2.75, 3.05) is 6.54 Å². The number of halogens is 1. The van der Waals surface area contributed by atoms with Gasteiger partial charge in [0.25, 0.3) is 0 Å². The van der Waals surface area contributed by atoms with Crippen LogP contribution in [0.4, 0.5) is 9.18 Å². The molecule has 0 bridgehead atoms. The van der Waals surface area contributed by atoms with Gasteiger partial charge in [-0.25, -0.2) is 9.18 Å². The quantitative estimate of drug-likeness (QED) is 0.669. The summed E-state index contributed by atoms with van der Waals surface area (Å²) in [7, 11) is 0. The van der Waals surface area contributed by atoms with Gasteiger partial charge in [0.2, 0.25) is 0 Å². The van der Waals surface area contributed by atoms with Crippen LogP contribution in [0.3, 0.4) is 0 Å². The third kappa shape index (κ3) is 1.47. The molecule has 1 atom stereocenters. The van der Waals surface area contributed by atoms with E-state index in [2.05, 4.69) is 10.6 Å². The minimum atomic E-state index is -0.281. The molecule has 3 nitrogen and oxygen atoms in total. The first-order valence-electron chi connectivity index (χ1n) is 4.06. The molecule has 1 heterocycles. The first-order valence-corrected chi connectivity index (χ1v) is 4.06. The Kier molecular flexibility index (Phi) is 1.88. The lowest BCUT2D eigenvalue weighted by Gasteiger charge is -2.08. The second-order valence-electron chi connectivity index (χ2n) is 2.93. The Morgan fingerprint density at radius 3 is 2.77 bits per heavy atom. The number of benzene rings is 1. The summed E-state index contributed by atoms with van der Waals surface area (Å²) >= 11 is 0. The summed E-state index contributed by atoms with van der Waals surface area (Å²) in [6.45, 7) is 0.444. The lowest BCUT2D eigenvalue weighted by atomic mass is 10.1. The van der Waals surface area contributed by atoms with Crippen molar-refractivity contribution in [3.05, 3.63) is 35.6 Å². The summed E-state index contributed by atoms with van der Waals surface area (Å²) in [5.41, 5.74) is 0.529. The van der Waals surface area contributed by atoms with Crippen LogP contribution in [0, 0.1) is 5.82 Å². The van der Waals surface area contributed by atoms with E-state index in [-0.39, 0.29) is 17.9 Å². The molecule has 2 N–H and O–H groups in total. The maximum absolute atomic E-state index is 13.2. The average molecular weight is 180 g/mol. The van der Waals surface area contributed by atoms with Crippen LogP contribution in [0.1, 0.15) is 11.6 Å². The molecule has 2 rings (SSSR count). The highest BCUT2D eigenvalue weighted by molar-refractivity contribution is 5.76. The van der Waals surface area contributed by atoms with Crippen molar-refractivity contribution in [3.63, 3.8) is 0 Å². The number of amides is 2. The smallest absolute Gasteiger partial charge is 0.315 e. The van der Waals surface area contributed by atoms with Crippen LogP contribution in [0.5, 0.6) is 0 Å². The van der Waals surface area contributed by atoms with Crippen molar-refractivity contribution >= 4 is 6.03 Å². The Labute approximate surface area is 74.9 Å². The third-order valence-electron chi connectivity index (χ3n) is 2.05. The molecule has 0 aromatic heterocycles. The van der Waals surface area contributed by atoms with Gasteiger partial charge in [-0.05, 0) is 6.07 Å². The van der Waals surface area contributed by atoms with Gasteiger partial charge in [-0.1, -0.05) is 18.2 Å². The molecule has 1 aliphatic rings. The molecule has 1 saturated heterocycles. The molecule has 2 amide bonds. The number of carbonyl (C=O) groups excluding carboxylic acids is 1. The second kappa shape index (κ2) is 3.05. The summed E-state index contributed by atoms with van der Waals surface area (Å²) in [5, 5.41) is 5.20. The van der Waals surface area contributed by atoms with E-state index in [9.17, 15) is 9.18 Å². The van der Waals surface area contributed by atoms with Gasteiger partial charge >= 0.3 is 6.03 Å². The summed E-state index contributed by atoms with van der Waals surface area (Å²) in [4.78, 5) is 10.8. The molecule has 13 heavy (non-hydrogen) atoms. The highest BCUT2D eigenvalue weighted by Crippen LogP contribution is 2.17. The zero-order chi connectivity index (χ0) is 9.26. The molecule has 1 fully saturated rings. The summed E-state index contributed by atoms with van der Waals surface area (Å²) < 4.78 is 13.2. The molecule has 0 saturated carbocycles. The fourth-order valence-corrected chi connectivity index (χ4v) is 1.40. The summed E-state index contributed by atoms with van der Waals surface area (Å²) in [6, 6.07) is 5.96. The van der Waals surface area contributed by atoms with Crippen molar-refractivity contribution in [1.82, 2.24) is 10.6 Å². The van der Waals surface area contributed by atoms with Crippen molar-refractivity contribution in [2.45, 2.75) is 6.04 Å². The second-order valence-corrected chi connectivity index (χ2v) is 2.93. The molecular formula is C9H9FN2O. The Hall–Kier alpha value is -1.58. The largest absolute Gasteiger partial charge is 0.336 e. The Morgan fingerprint density at radius 1 is 1.38 bits per heavy atom. The molecule has 1 aromatic carbocycles. The van der Waals surface area contributed by atoms with Crippen molar-refractivity contribution in [1.29, 1.82) is 0 Å². The minimum absolute atomic E-state index is 0.242. The van der Waals surface area contributed by atoms with Crippen LogP contribution in [-0.4, -0.2) is 12.6 Å². The standard InChI is InChI=1S/C9H9FN2O/c10-7-4-2-1-3-6(7)8-5-11-9(13)12-8/h1-4,8H,5H2,(H2,11,12,13). The lowest BCUT2D eigenvalue weighted by molar-refractivity contribution is 0.247. The number of carbonyl (C=O) groups is 1. The van der Waals surface area contributed by atoms with Gasteiger partial charge in [0.05, 0.1) is 6.04 Å². The van der Waals surface area contributed by atoms with Crippen LogP contribution >= 0.6 is 0 Å². The molecule has 0 radical (unpaired) electrons. The van der Waals surface area contributed by atoms with E-state index in [1.54, 1.807) is 18.2 Å². The number of hydrogen-bond donors (Lipinski definition) is 2. The fraction of sp³-hybridized carbons (Fsp3) is 0.222. The van der Waals surface area contributed by atoms with Gasteiger partial charge in [-0.2, -0.15) is 0 Å². The maximum Gasteiger partial charge on any atom is 0.315 e. The van der Waals surface area contributed by atoms with Crippen molar-refractivity contribution < 1.29 is 9.18 Å². The van der Waals surface area contributed by atoms with Gasteiger partial charge in [0.1, 0.15) is 5.82 Å². The fourth-order valence-electron chi connectivity index (χ4n) is 1.40. The van der Waals surface area contributed by atoms with E-state index in [1.165, 1.54) is 6.07 Å². The van der Waals surface area contributed by atoms with Crippen LogP contribution in [0.25, 0.3) is 0 Å². The topological polar surface area (TPSA) is 41.1 Å². The van der Waals surface area contributed by atoms with Crippen molar-refractivity contribution in [2.24, 2.45) is 0 Å². The zero-order valence-corrected chi connectivity index (χ0v) is 6.88. The molecule has 1 unspecified atom stereocenters. The molecule has 4 heteroatoms. The molecule has 0 spiro atoms. The van der Waals surface area contributed by atoms with E-state index in [0.29, 0.717) is 12.1 Å². The lowest BCUT2D eigenvalue weighted by Crippen LogP contribution is -2.22. The van der Waals surface area contributed by atoms with Crippen LogP contribution in [0.2, 0.25) is 0 Å². The monoisotopic (exact) mass is 180 g/mol. The number of hydrogen-bond acceptors (Lipinski definition) is 1. The van der Waals surface area contributed by atoms with Crippen LogP contribution in [-0.2, 0) is 0 Å². The predicted octanol–water partition coefficient (Wildman–Crippen LogP) is 1.18. The van der Waals surface area contributed by atoms with Gasteiger partial charge in [0, 0.05) is 12.1 Å². The predicted molar refractivity (Wildman–Crippen MR) is 45.7 cm³/mol. The highest BCUT2D eigenvalue weighted by Gasteiger charge is 2.23. The highest BCUT2D eigenvalue weighted by atomic mass is 19.1. The SMILES string of the molecule is O=C1NCC(c2ccccc2F)N1. The molecular weight excluding hydrogens is 171 g/mol. The molecule has 68 valence electrons. The van der Waals surface area contributed by atoms with Crippen LogP contribution < -0.4 is 10.6 Å². The third-order valence-corrected chi connectivity index (χ3v) is 2.05. The molecule has 0 aliphatic carbocycles. The number of urea groups is 1. The first kappa shape index (κ1) is 8.04. The summed E-state index contributed by atoms with van der Waals surface area (Å²) in [5.74, 6) is -0.281. The van der Waals surface area contributed by atoms with E-state index in [4.69, 9.17) is 0 Å². The van der Waals surface area contributed by atoms with E-state index in [1.807, 2.05) is 0 Å². The molecule has 1 aromatic rings. The Balaban J connectivity index is 2.26. The van der Waals surface area contributed by atoms with E-state index >= 15 is 0 Å².